The van der Waals surface area contributed by atoms with E-state index in [-0.39, 0.29) is 11.3 Å². The van der Waals surface area contributed by atoms with Crippen LogP contribution in [-0.4, -0.2) is 16.8 Å². The van der Waals surface area contributed by atoms with Gasteiger partial charge in [0.25, 0.3) is 5.56 Å². The van der Waals surface area contributed by atoms with Crippen molar-refractivity contribution in [2.24, 2.45) is 7.05 Å². The first-order chi connectivity index (χ1) is 8.13. The van der Waals surface area contributed by atoms with Gasteiger partial charge in [0.15, 0.2) is 0 Å². The van der Waals surface area contributed by atoms with Gasteiger partial charge in [0.05, 0.1) is 12.8 Å². The van der Waals surface area contributed by atoms with Crippen LogP contribution in [0.4, 0.5) is 0 Å². The second-order valence-electron chi connectivity index (χ2n) is 3.69. The Morgan fingerprint density at radius 2 is 2.00 bits per heavy atom. The Morgan fingerprint density at radius 1 is 1.24 bits per heavy atom. The van der Waals surface area contributed by atoms with Crippen LogP contribution in [0.2, 0.25) is 0 Å². The van der Waals surface area contributed by atoms with Crippen LogP contribution >= 0.6 is 0 Å². The maximum absolute atomic E-state index is 11.6. The van der Waals surface area contributed by atoms with Gasteiger partial charge in [-0.05, 0) is 18.2 Å². The highest BCUT2D eigenvalue weighted by Gasteiger charge is 2.09. The molecule has 0 aliphatic heterocycles. The van der Waals surface area contributed by atoms with E-state index in [4.69, 9.17) is 4.74 Å². The zero-order chi connectivity index (χ0) is 12.4. The number of phenolic OH excluding ortho intramolecular Hbond substituents is 1. The topological polar surface area (TPSA) is 51.5 Å². The van der Waals surface area contributed by atoms with Gasteiger partial charge in [-0.1, -0.05) is 6.07 Å². The van der Waals surface area contributed by atoms with Crippen molar-refractivity contribution in [3.63, 3.8) is 0 Å². The van der Waals surface area contributed by atoms with E-state index in [0.717, 1.165) is 11.3 Å². The van der Waals surface area contributed by atoms with Gasteiger partial charge in [0.1, 0.15) is 11.5 Å². The summed E-state index contributed by atoms with van der Waals surface area (Å²) in [5.74, 6) is 0.665. The fourth-order valence-corrected chi connectivity index (χ4v) is 1.73. The summed E-state index contributed by atoms with van der Waals surface area (Å²) in [7, 11) is 3.23. The lowest BCUT2D eigenvalue weighted by atomic mass is 10.1. The van der Waals surface area contributed by atoms with E-state index in [1.807, 2.05) is 6.07 Å². The van der Waals surface area contributed by atoms with E-state index in [0.29, 0.717) is 5.75 Å². The molecule has 0 fully saturated rings. The van der Waals surface area contributed by atoms with Gasteiger partial charge in [0, 0.05) is 24.7 Å². The van der Waals surface area contributed by atoms with Crippen LogP contribution in [0.5, 0.6) is 11.5 Å². The van der Waals surface area contributed by atoms with Gasteiger partial charge in [0.2, 0.25) is 0 Å². The Kier molecular flexibility index (Phi) is 2.87. The zero-order valence-corrected chi connectivity index (χ0v) is 9.68. The first-order valence-corrected chi connectivity index (χ1v) is 5.17. The van der Waals surface area contributed by atoms with Gasteiger partial charge >= 0.3 is 0 Å². The molecular weight excluding hydrogens is 218 g/mol. The average molecular weight is 231 g/mol. The number of aromatic hydroxyl groups is 1. The predicted octanol–water partition coefficient (Wildman–Crippen LogP) is 1.77. The predicted molar refractivity (Wildman–Crippen MR) is 65.3 cm³/mol. The van der Waals surface area contributed by atoms with E-state index in [2.05, 4.69) is 0 Å². The molecule has 17 heavy (non-hydrogen) atoms. The van der Waals surface area contributed by atoms with Crippen molar-refractivity contribution in [2.45, 2.75) is 0 Å². The molecular formula is C13H13NO3. The molecule has 0 aliphatic rings. The second-order valence-corrected chi connectivity index (χ2v) is 3.69. The van der Waals surface area contributed by atoms with Gasteiger partial charge in [-0.15, -0.1) is 0 Å². The van der Waals surface area contributed by atoms with Crippen molar-refractivity contribution < 1.29 is 9.84 Å². The summed E-state index contributed by atoms with van der Waals surface area (Å²) in [5, 5.41) is 9.39. The van der Waals surface area contributed by atoms with E-state index in [9.17, 15) is 9.90 Å². The number of nitrogens with zero attached hydrogens (tertiary/aromatic N) is 1. The summed E-state index contributed by atoms with van der Waals surface area (Å²) < 4.78 is 6.74. The van der Waals surface area contributed by atoms with Crippen LogP contribution in [0.3, 0.4) is 0 Å². The average Bonchev–Trinajstić information content (AvgIpc) is 2.33. The van der Waals surface area contributed by atoms with E-state index in [1.54, 1.807) is 25.2 Å². The third-order valence-corrected chi connectivity index (χ3v) is 2.65. The normalized spacial score (nSPS) is 10.2. The third-order valence-electron chi connectivity index (χ3n) is 2.65. The molecule has 0 aliphatic carbocycles. The Bertz CT molecular complexity index is 602. The molecule has 0 bridgehead atoms. The summed E-state index contributed by atoms with van der Waals surface area (Å²) >= 11 is 0. The van der Waals surface area contributed by atoms with Crippen LogP contribution in [0.15, 0.2) is 41.2 Å². The molecule has 2 rings (SSSR count). The number of aromatic nitrogens is 1. The highest BCUT2D eigenvalue weighted by molar-refractivity contribution is 5.68. The van der Waals surface area contributed by atoms with Crippen LogP contribution in [0.25, 0.3) is 11.3 Å². The number of pyridine rings is 1. The van der Waals surface area contributed by atoms with Crippen molar-refractivity contribution in [2.75, 3.05) is 7.11 Å². The summed E-state index contributed by atoms with van der Waals surface area (Å²) in [6, 6.07) is 9.84. The van der Waals surface area contributed by atoms with Gasteiger partial charge in [-0.3, -0.25) is 4.79 Å². The van der Waals surface area contributed by atoms with E-state index in [1.165, 1.54) is 23.8 Å². The molecule has 1 heterocycles. The molecule has 2 aromatic rings. The smallest absolute Gasteiger partial charge is 0.250 e. The largest absolute Gasteiger partial charge is 0.508 e. The number of benzene rings is 1. The molecule has 1 aromatic heterocycles. The van der Waals surface area contributed by atoms with Crippen molar-refractivity contribution in [3.8, 4) is 22.8 Å². The molecule has 1 N–H and O–H groups in total. The molecule has 0 saturated heterocycles. The first kappa shape index (κ1) is 11.3. The highest BCUT2D eigenvalue weighted by Crippen LogP contribution is 2.31. The molecule has 0 unspecified atom stereocenters. The highest BCUT2D eigenvalue weighted by atomic mass is 16.5. The summed E-state index contributed by atoms with van der Waals surface area (Å²) in [6.07, 6.45) is 0. The van der Waals surface area contributed by atoms with Crippen molar-refractivity contribution in [1.82, 2.24) is 4.57 Å². The zero-order valence-electron chi connectivity index (χ0n) is 9.68. The number of methoxy groups -OCH3 is 1. The minimum Gasteiger partial charge on any atom is -0.508 e. The number of hydrogen-bond acceptors (Lipinski definition) is 3. The van der Waals surface area contributed by atoms with Crippen molar-refractivity contribution >= 4 is 0 Å². The fraction of sp³-hybridized carbons (Fsp3) is 0.154. The van der Waals surface area contributed by atoms with Gasteiger partial charge in [-0.25, -0.2) is 0 Å². The lowest BCUT2D eigenvalue weighted by Gasteiger charge is -2.12. The summed E-state index contributed by atoms with van der Waals surface area (Å²) in [5.41, 5.74) is 1.43. The minimum absolute atomic E-state index is 0.0855. The Labute approximate surface area is 98.7 Å². The summed E-state index contributed by atoms with van der Waals surface area (Å²) in [4.78, 5) is 11.6. The van der Waals surface area contributed by atoms with Gasteiger partial charge < -0.3 is 14.4 Å². The standard InChI is InChI=1S/C13H13NO3/c1-14-11(4-3-5-13(14)16)10-7-6-9(15)8-12(10)17-2/h3-8,15H,1-2H3. The number of ether oxygens (including phenoxy) is 1. The first-order valence-electron chi connectivity index (χ1n) is 5.17. The SMILES string of the molecule is COc1cc(O)ccc1-c1cccc(=O)n1C. The number of hydrogen-bond donors (Lipinski definition) is 1. The lowest BCUT2D eigenvalue weighted by Crippen LogP contribution is -2.16. The molecule has 4 heteroatoms. The second kappa shape index (κ2) is 4.33. The molecule has 0 spiro atoms. The van der Waals surface area contributed by atoms with Crippen LogP contribution in [0.1, 0.15) is 0 Å². The van der Waals surface area contributed by atoms with Crippen LogP contribution in [-0.2, 0) is 7.05 Å². The molecule has 4 nitrogen and oxygen atoms in total. The van der Waals surface area contributed by atoms with Crippen molar-refractivity contribution in [3.05, 3.63) is 46.8 Å². The van der Waals surface area contributed by atoms with Gasteiger partial charge in [-0.2, -0.15) is 0 Å². The molecule has 0 saturated carbocycles. The lowest BCUT2D eigenvalue weighted by molar-refractivity contribution is 0.409. The molecule has 1 aromatic carbocycles. The quantitative estimate of drug-likeness (QED) is 0.856. The maximum Gasteiger partial charge on any atom is 0.250 e. The number of phenols is 1. The Hall–Kier alpha value is -2.23. The fourth-order valence-electron chi connectivity index (χ4n) is 1.73. The maximum atomic E-state index is 11.6. The Morgan fingerprint density at radius 3 is 2.71 bits per heavy atom. The van der Waals surface area contributed by atoms with Crippen LogP contribution in [0, 0.1) is 0 Å². The van der Waals surface area contributed by atoms with Crippen molar-refractivity contribution in [1.29, 1.82) is 0 Å². The minimum atomic E-state index is -0.0855. The van der Waals surface area contributed by atoms with E-state index >= 15 is 0 Å². The van der Waals surface area contributed by atoms with Crippen LogP contribution < -0.4 is 10.3 Å². The third kappa shape index (κ3) is 2.01. The molecule has 88 valence electrons. The molecule has 0 radical (unpaired) electrons. The summed E-state index contributed by atoms with van der Waals surface area (Å²) in [6.45, 7) is 0. The monoisotopic (exact) mass is 231 g/mol. The molecule has 0 amide bonds. The Balaban J connectivity index is 2.68. The van der Waals surface area contributed by atoms with E-state index < -0.39 is 0 Å². The number of rotatable bonds is 2. The molecule has 0 atom stereocenters.